The Morgan fingerprint density at radius 1 is 1.00 bits per heavy atom. The number of carbonyl (C=O) groups is 1. The van der Waals surface area contributed by atoms with Gasteiger partial charge >= 0.3 is 0 Å². The fraction of sp³-hybridized carbons (Fsp3) is 0.226. The fourth-order valence-corrected chi connectivity index (χ4v) is 5.79. The smallest absolute Gasteiger partial charge is 0.254 e. The van der Waals surface area contributed by atoms with Gasteiger partial charge in [0, 0.05) is 29.8 Å². The molecule has 1 aromatic heterocycles. The highest BCUT2D eigenvalue weighted by molar-refractivity contribution is 5.95. The Balaban J connectivity index is 1.35. The molecule has 1 aliphatic heterocycles. The van der Waals surface area contributed by atoms with Crippen molar-refractivity contribution in [3.8, 4) is 22.6 Å². The number of amides is 1. The van der Waals surface area contributed by atoms with Crippen molar-refractivity contribution in [3.05, 3.63) is 113 Å². The van der Waals surface area contributed by atoms with Gasteiger partial charge in [-0.05, 0) is 53.3 Å². The minimum Gasteiger partial charge on any atom is -0.493 e. The van der Waals surface area contributed by atoms with Crippen LogP contribution >= 0.6 is 0 Å². The Morgan fingerprint density at radius 3 is 2.57 bits per heavy atom. The predicted molar refractivity (Wildman–Crippen MR) is 138 cm³/mol. The Kier molecular flexibility index (Phi) is 5.87. The van der Waals surface area contributed by atoms with Crippen LogP contribution in [0.1, 0.15) is 38.7 Å². The van der Waals surface area contributed by atoms with Crippen LogP contribution in [0.25, 0.3) is 11.1 Å². The van der Waals surface area contributed by atoms with Crippen molar-refractivity contribution >= 4 is 5.91 Å². The lowest BCUT2D eigenvalue weighted by atomic mass is 9.76. The molecule has 37 heavy (non-hydrogen) atoms. The Hall–Kier alpha value is -4.19. The van der Waals surface area contributed by atoms with Crippen LogP contribution in [-0.2, 0) is 19.4 Å². The lowest BCUT2D eigenvalue weighted by molar-refractivity contribution is -0.688. The number of hydrogen-bond acceptors (Lipinski definition) is 3. The second kappa shape index (κ2) is 9.36. The molecule has 2 aliphatic rings. The fourth-order valence-electron chi connectivity index (χ4n) is 5.79. The number of rotatable bonds is 5. The van der Waals surface area contributed by atoms with Crippen LogP contribution in [0.4, 0.5) is 4.39 Å². The maximum absolute atomic E-state index is 13.8. The molecule has 6 heteroatoms. The van der Waals surface area contributed by atoms with Gasteiger partial charge in [0.25, 0.3) is 5.91 Å². The second-order valence-corrected chi connectivity index (χ2v) is 9.57. The first-order valence-corrected chi connectivity index (χ1v) is 12.5. The molecule has 6 rings (SSSR count). The highest BCUT2D eigenvalue weighted by Crippen LogP contribution is 2.52. The van der Waals surface area contributed by atoms with Crippen LogP contribution in [0.3, 0.4) is 0 Å². The summed E-state index contributed by atoms with van der Waals surface area (Å²) in [5, 5.41) is 0. The highest BCUT2D eigenvalue weighted by atomic mass is 19.1. The Morgan fingerprint density at radius 2 is 1.81 bits per heavy atom. The second-order valence-electron chi connectivity index (χ2n) is 9.57. The molecular weight excluding hydrogens is 467 g/mol. The number of fused-ring (bicyclic) bond motifs is 2. The van der Waals surface area contributed by atoms with E-state index in [1.807, 2.05) is 52.2 Å². The lowest BCUT2D eigenvalue weighted by Gasteiger charge is -2.42. The van der Waals surface area contributed by atoms with Gasteiger partial charge in [0.2, 0.25) is 0 Å². The number of aromatic nitrogens is 1. The number of ether oxygens (including phenoxy) is 2. The zero-order valence-corrected chi connectivity index (χ0v) is 20.9. The third kappa shape index (κ3) is 4.02. The molecule has 0 saturated carbocycles. The van der Waals surface area contributed by atoms with E-state index in [0.29, 0.717) is 24.4 Å². The molecule has 0 N–H and O–H groups in total. The van der Waals surface area contributed by atoms with E-state index >= 15 is 0 Å². The zero-order chi connectivity index (χ0) is 25.5. The van der Waals surface area contributed by atoms with Gasteiger partial charge in [-0.2, -0.15) is 0 Å². The molecule has 5 nitrogen and oxygen atoms in total. The third-order valence-corrected chi connectivity index (χ3v) is 7.48. The maximum atomic E-state index is 13.8. The molecule has 0 radical (unpaired) electrons. The molecule has 0 bridgehead atoms. The first kappa shape index (κ1) is 23.2. The van der Waals surface area contributed by atoms with Gasteiger partial charge in [0.1, 0.15) is 5.82 Å². The van der Waals surface area contributed by atoms with E-state index in [2.05, 4.69) is 18.2 Å². The van der Waals surface area contributed by atoms with Gasteiger partial charge in [-0.25, -0.2) is 8.96 Å². The average Bonchev–Trinajstić information content (AvgIpc) is 2.93. The van der Waals surface area contributed by atoms with E-state index in [0.717, 1.165) is 40.8 Å². The number of halogens is 1. The van der Waals surface area contributed by atoms with Crippen LogP contribution in [0, 0.1) is 5.82 Å². The molecular formula is C31H28FN2O3+. The van der Waals surface area contributed by atoms with Crippen LogP contribution in [0.5, 0.6) is 11.5 Å². The molecule has 1 unspecified atom stereocenters. The number of methoxy groups -OCH3 is 2. The SMILES string of the molecule is COc1cc2c3c(c1OC)-c1ccccc1CC3N(C(=O)c1cc[n+](Cc3cccc(F)c3)cc1)CC2. The van der Waals surface area contributed by atoms with Gasteiger partial charge in [0.15, 0.2) is 30.4 Å². The number of carbonyl (C=O) groups excluding carboxylic acids is 1. The molecule has 0 fully saturated rings. The zero-order valence-electron chi connectivity index (χ0n) is 20.9. The van der Waals surface area contributed by atoms with E-state index in [-0.39, 0.29) is 17.8 Å². The first-order valence-electron chi connectivity index (χ1n) is 12.5. The number of pyridine rings is 1. The van der Waals surface area contributed by atoms with Crippen molar-refractivity contribution in [1.82, 2.24) is 4.90 Å². The van der Waals surface area contributed by atoms with E-state index in [1.165, 1.54) is 23.3 Å². The van der Waals surface area contributed by atoms with Crippen LogP contribution < -0.4 is 14.0 Å². The van der Waals surface area contributed by atoms with Crippen LogP contribution in [-0.4, -0.2) is 31.6 Å². The normalized spacial score (nSPS) is 15.5. The molecule has 1 atom stereocenters. The summed E-state index contributed by atoms with van der Waals surface area (Å²) in [5.74, 6) is 1.19. The monoisotopic (exact) mass is 495 g/mol. The summed E-state index contributed by atoms with van der Waals surface area (Å²) in [6.45, 7) is 1.17. The number of nitrogens with zero attached hydrogens (tertiary/aromatic N) is 2. The highest BCUT2D eigenvalue weighted by Gasteiger charge is 2.39. The van der Waals surface area contributed by atoms with Gasteiger partial charge in [-0.15, -0.1) is 0 Å². The van der Waals surface area contributed by atoms with Crippen molar-refractivity contribution in [3.63, 3.8) is 0 Å². The summed E-state index contributed by atoms with van der Waals surface area (Å²) >= 11 is 0. The lowest BCUT2D eigenvalue weighted by Crippen LogP contribution is -2.43. The molecule has 4 aromatic rings. The summed E-state index contributed by atoms with van der Waals surface area (Å²) in [4.78, 5) is 15.8. The minimum atomic E-state index is -0.252. The predicted octanol–water partition coefficient (Wildman–Crippen LogP) is 5.14. The van der Waals surface area contributed by atoms with E-state index in [9.17, 15) is 9.18 Å². The summed E-state index contributed by atoms with van der Waals surface area (Å²) in [5.41, 5.74) is 7.23. The van der Waals surface area contributed by atoms with Crippen molar-refractivity contribution in [2.45, 2.75) is 25.4 Å². The van der Waals surface area contributed by atoms with Gasteiger partial charge in [-0.1, -0.05) is 36.4 Å². The topological polar surface area (TPSA) is 42.7 Å². The van der Waals surface area contributed by atoms with Crippen molar-refractivity contribution in [2.75, 3.05) is 20.8 Å². The van der Waals surface area contributed by atoms with Crippen molar-refractivity contribution in [1.29, 1.82) is 0 Å². The maximum Gasteiger partial charge on any atom is 0.254 e. The number of benzene rings is 3. The molecule has 2 heterocycles. The molecule has 1 aliphatic carbocycles. The summed E-state index contributed by atoms with van der Waals surface area (Å²) in [6, 6.07) is 20.6. The van der Waals surface area contributed by atoms with Gasteiger partial charge in [-0.3, -0.25) is 4.79 Å². The van der Waals surface area contributed by atoms with Gasteiger partial charge < -0.3 is 14.4 Å². The number of hydrogen-bond donors (Lipinski definition) is 0. The minimum absolute atomic E-state index is 0.00803. The molecule has 186 valence electrons. The van der Waals surface area contributed by atoms with E-state index in [1.54, 1.807) is 20.3 Å². The Bertz CT molecular complexity index is 1500. The van der Waals surface area contributed by atoms with Crippen LogP contribution in [0.2, 0.25) is 0 Å². The van der Waals surface area contributed by atoms with E-state index in [4.69, 9.17) is 9.47 Å². The van der Waals surface area contributed by atoms with E-state index < -0.39 is 0 Å². The molecule has 0 saturated heterocycles. The quantitative estimate of drug-likeness (QED) is 0.360. The Labute approximate surface area is 215 Å². The summed E-state index contributed by atoms with van der Waals surface area (Å²) in [6.07, 6.45) is 5.26. The standard InChI is InChI=1S/C31H28FN2O3/c1-36-27-18-23-12-15-34(26-17-22-7-3-4-9-25(22)29(28(23)26)30(27)37-2)31(35)21-10-13-33(14-11-21)19-20-6-5-8-24(32)16-20/h3-11,13-14,16,18,26H,12,15,17,19H2,1-2H3/q+1. The van der Waals surface area contributed by atoms with Crippen molar-refractivity contribution < 1.29 is 23.2 Å². The molecule has 0 spiro atoms. The first-order chi connectivity index (χ1) is 18.1. The average molecular weight is 496 g/mol. The largest absolute Gasteiger partial charge is 0.493 e. The third-order valence-electron chi connectivity index (χ3n) is 7.48. The summed E-state index contributed by atoms with van der Waals surface area (Å²) in [7, 11) is 3.33. The van der Waals surface area contributed by atoms with Gasteiger partial charge in [0.05, 0.1) is 25.8 Å². The molecule has 1 amide bonds. The summed E-state index contributed by atoms with van der Waals surface area (Å²) < 4.78 is 27.1. The molecule has 3 aromatic carbocycles. The van der Waals surface area contributed by atoms with Crippen LogP contribution in [0.15, 0.2) is 79.1 Å². The van der Waals surface area contributed by atoms with Crippen molar-refractivity contribution in [2.24, 2.45) is 0 Å².